The summed E-state index contributed by atoms with van der Waals surface area (Å²) < 4.78 is 0. The van der Waals surface area contributed by atoms with Gasteiger partial charge in [-0.05, 0) is 47.4 Å². The van der Waals surface area contributed by atoms with Crippen LogP contribution in [0.25, 0.3) is 55.8 Å². The lowest BCUT2D eigenvalue weighted by molar-refractivity contribution is -0.119. The van der Waals surface area contributed by atoms with Crippen molar-refractivity contribution in [1.82, 2.24) is 35.1 Å². The second-order valence-corrected chi connectivity index (χ2v) is 10.1. The first-order valence-corrected chi connectivity index (χ1v) is 13.1. The van der Waals surface area contributed by atoms with Gasteiger partial charge in [0.25, 0.3) is 0 Å². The van der Waals surface area contributed by atoms with E-state index in [1.807, 2.05) is 23.7 Å². The number of aromatic amines is 2. The Kier molecular flexibility index (Phi) is 5.24. The van der Waals surface area contributed by atoms with Gasteiger partial charge in [-0.1, -0.05) is 12.8 Å². The van der Waals surface area contributed by atoms with Crippen LogP contribution in [0.15, 0.2) is 59.9 Å². The first-order valence-electron chi connectivity index (χ1n) is 12.2. The SMILES string of the molecule is O=C(Nc1cncc(-c2cnc3[nH]nc(-c4nc5c(-c6ccsc6)cncc5[nH]4)c3c2)c1)C1CCCC1. The van der Waals surface area contributed by atoms with Gasteiger partial charge in [0.15, 0.2) is 11.5 Å². The Morgan fingerprint density at radius 3 is 2.73 bits per heavy atom. The molecular weight excluding hydrogens is 484 g/mol. The first-order chi connectivity index (χ1) is 18.2. The van der Waals surface area contributed by atoms with E-state index in [2.05, 4.69) is 46.9 Å². The number of nitrogens with one attached hydrogen (secondary N) is 3. The number of carbonyl (C=O) groups is 1. The van der Waals surface area contributed by atoms with Crippen molar-refractivity contribution in [3.63, 3.8) is 0 Å². The van der Waals surface area contributed by atoms with Crippen LogP contribution in [-0.2, 0) is 4.79 Å². The van der Waals surface area contributed by atoms with Crippen LogP contribution in [-0.4, -0.2) is 41.0 Å². The highest BCUT2D eigenvalue weighted by molar-refractivity contribution is 7.08. The molecule has 182 valence electrons. The van der Waals surface area contributed by atoms with Crippen molar-refractivity contribution in [3.8, 4) is 33.8 Å². The molecule has 0 aromatic carbocycles. The van der Waals surface area contributed by atoms with Gasteiger partial charge in [0.05, 0.1) is 29.0 Å². The van der Waals surface area contributed by atoms with Gasteiger partial charge in [0.2, 0.25) is 5.91 Å². The maximum absolute atomic E-state index is 12.6. The lowest BCUT2D eigenvalue weighted by Gasteiger charge is -2.11. The zero-order valence-corrected chi connectivity index (χ0v) is 20.5. The van der Waals surface area contributed by atoms with E-state index in [1.165, 1.54) is 0 Å². The zero-order chi connectivity index (χ0) is 24.8. The van der Waals surface area contributed by atoms with Crippen molar-refractivity contribution in [2.75, 3.05) is 5.32 Å². The summed E-state index contributed by atoms with van der Waals surface area (Å²) in [5, 5.41) is 15.5. The molecule has 3 N–H and O–H groups in total. The van der Waals surface area contributed by atoms with Crippen LogP contribution < -0.4 is 5.32 Å². The molecule has 0 bridgehead atoms. The van der Waals surface area contributed by atoms with Gasteiger partial charge in [-0.25, -0.2) is 9.97 Å². The quantitative estimate of drug-likeness (QED) is 0.271. The highest BCUT2D eigenvalue weighted by Gasteiger charge is 2.23. The van der Waals surface area contributed by atoms with Crippen LogP contribution in [0.5, 0.6) is 0 Å². The Hall–Kier alpha value is -4.44. The van der Waals surface area contributed by atoms with Gasteiger partial charge in [-0.3, -0.25) is 19.9 Å². The van der Waals surface area contributed by atoms with Crippen molar-refractivity contribution < 1.29 is 4.79 Å². The third kappa shape index (κ3) is 3.95. The number of thiophene rings is 1. The molecule has 7 rings (SSSR count). The summed E-state index contributed by atoms with van der Waals surface area (Å²) in [6.07, 6.45) is 13.0. The smallest absolute Gasteiger partial charge is 0.227 e. The predicted molar refractivity (Wildman–Crippen MR) is 144 cm³/mol. The number of H-pyrrole nitrogens is 2. The highest BCUT2D eigenvalue weighted by atomic mass is 32.1. The number of pyridine rings is 3. The van der Waals surface area contributed by atoms with Gasteiger partial charge in [-0.15, -0.1) is 0 Å². The average molecular weight is 507 g/mol. The summed E-state index contributed by atoms with van der Waals surface area (Å²) in [6.45, 7) is 0. The molecule has 0 aliphatic heterocycles. The molecule has 0 unspecified atom stereocenters. The minimum Gasteiger partial charge on any atom is -0.335 e. The van der Waals surface area contributed by atoms with Crippen molar-refractivity contribution in [1.29, 1.82) is 0 Å². The van der Waals surface area contributed by atoms with Crippen molar-refractivity contribution in [2.24, 2.45) is 5.92 Å². The Balaban J connectivity index is 1.25. The number of fused-ring (bicyclic) bond motifs is 2. The van der Waals surface area contributed by atoms with Crippen molar-refractivity contribution in [2.45, 2.75) is 25.7 Å². The Labute approximate surface area is 215 Å². The number of hydrogen-bond donors (Lipinski definition) is 3. The Bertz CT molecular complexity index is 1750. The van der Waals surface area contributed by atoms with E-state index in [0.717, 1.165) is 64.4 Å². The van der Waals surface area contributed by atoms with E-state index < -0.39 is 0 Å². The van der Waals surface area contributed by atoms with E-state index in [9.17, 15) is 4.79 Å². The predicted octanol–water partition coefficient (Wildman–Crippen LogP) is 5.82. The number of carbonyl (C=O) groups excluding carboxylic acids is 1. The second kappa shape index (κ2) is 8.90. The summed E-state index contributed by atoms with van der Waals surface area (Å²) in [7, 11) is 0. The monoisotopic (exact) mass is 506 g/mol. The maximum atomic E-state index is 12.6. The van der Waals surface area contributed by atoms with E-state index >= 15 is 0 Å². The number of nitrogens with zero attached hydrogens (tertiary/aromatic N) is 5. The third-order valence-corrected chi connectivity index (χ3v) is 7.62. The topological polar surface area (TPSA) is 125 Å². The van der Waals surface area contributed by atoms with Gasteiger partial charge < -0.3 is 10.3 Å². The van der Waals surface area contributed by atoms with E-state index in [1.54, 1.807) is 36.1 Å². The number of amides is 1. The van der Waals surface area contributed by atoms with Crippen LogP contribution in [0.2, 0.25) is 0 Å². The fourth-order valence-electron chi connectivity index (χ4n) is 5.01. The summed E-state index contributed by atoms with van der Waals surface area (Å²) in [4.78, 5) is 34.2. The number of rotatable bonds is 5. The van der Waals surface area contributed by atoms with Crippen LogP contribution in [0, 0.1) is 5.92 Å². The summed E-state index contributed by atoms with van der Waals surface area (Å²) in [6, 6.07) is 6.02. The van der Waals surface area contributed by atoms with Gasteiger partial charge in [0.1, 0.15) is 11.2 Å². The van der Waals surface area contributed by atoms with Crippen molar-refractivity contribution in [3.05, 3.63) is 59.9 Å². The van der Waals surface area contributed by atoms with Crippen LogP contribution in [0.1, 0.15) is 25.7 Å². The number of imidazole rings is 1. The molecule has 10 heteroatoms. The molecule has 37 heavy (non-hydrogen) atoms. The zero-order valence-electron chi connectivity index (χ0n) is 19.7. The molecule has 1 fully saturated rings. The Morgan fingerprint density at radius 2 is 1.86 bits per heavy atom. The van der Waals surface area contributed by atoms with Gasteiger partial charge in [-0.2, -0.15) is 16.4 Å². The molecule has 1 aliphatic carbocycles. The third-order valence-electron chi connectivity index (χ3n) is 6.93. The highest BCUT2D eigenvalue weighted by Crippen LogP contribution is 2.33. The molecule has 1 amide bonds. The molecule has 0 spiro atoms. The number of anilines is 1. The molecule has 1 aliphatic rings. The van der Waals surface area contributed by atoms with E-state index in [0.29, 0.717) is 22.9 Å². The van der Waals surface area contributed by atoms with E-state index in [-0.39, 0.29) is 11.8 Å². The van der Waals surface area contributed by atoms with Crippen LogP contribution >= 0.6 is 11.3 Å². The number of aromatic nitrogens is 7. The summed E-state index contributed by atoms with van der Waals surface area (Å²) >= 11 is 1.64. The fraction of sp³-hybridized carbons (Fsp3) is 0.185. The molecule has 6 aromatic rings. The number of hydrogen-bond acceptors (Lipinski definition) is 7. The average Bonchev–Trinajstić information content (AvgIpc) is 3.74. The van der Waals surface area contributed by atoms with Gasteiger partial charge >= 0.3 is 0 Å². The van der Waals surface area contributed by atoms with Gasteiger partial charge in [0, 0.05) is 41.2 Å². The maximum Gasteiger partial charge on any atom is 0.227 e. The summed E-state index contributed by atoms with van der Waals surface area (Å²) in [5.74, 6) is 0.804. The molecule has 0 radical (unpaired) electrons. The molecular formula is C27H22N8OS. The minimum atomic E-state index is 0.0725. The molecule has 9 nitrogen and oxygen atoms in total. The van der Waals surface area contributed by atoms with E-state index in [4.69, 9.17) is 4.98 Å². The Morgan fingerprint density at radius 1 is 1.00 bits per heavy atom. The summed E-state index contributed by atoms with van der Waals surface area (Å²) in [5.41, 5.74) is 7.51. The molecule has 6 aromatic heterocycles. The molecule has 0 atom stereocenters. The minimum absolute atomic E-state index is 0.0725. The lowest BCUT2D eigenvalue weighted by atomic mass is 10.1. The standard InChI is InChI=1S/C27H22N8OS/c36-27(15-3-1-2-4-15)31-19-7-17(9-28-11-19)18-8-20-24(34-35-25(20)30-10-18)26-32-22-13-29-12-21(23(22)33-26)16-5-6-37-14-16/h5-15H,1-4H2,(H,31,36)(H,32,33)(H,30,34,35). The normalized spacial score (nSPS) is 14.1. The second-order valence-electron chi connectivity index (χ2n) is 9.31. The molecule has 6 heterocycles. The fourth-order valence-corrected chi connectivity index (χ4v) is 5.67. The van der Waals surface area contributed by atoms with Crippen LogP contribution in [0.4, 0.5) is 5.69 Å². The first kappa shape index (κ1) is 21.8. The lowest BCUT2D eigenvalue weighted by Crippen LogP contribution is -2.20. The van der Waals surface area contributed by atoms with Crippen LogP contribution in [0.3, 0.4) is 0 Å². The van der Waals surface area contributed by atoms with Crippen molar-refractivity contribution >= 4 is 45.0 Å². The molecule has 1 saturated carbocycles. The largest absolute Gasteiger partial charge is 0.335 e. The molecule has 0 saturated heterocycles.